The van der Waals surface area contributed by atoms with Gasteiger partial charge in [-0.05, 0) is 74.4 Å². The number of aryl methyl sites for hydroxylation is 3. The van der Waals surface area contributed by atoms with Crippen molar-refractivity contribution in [2.75, 3.05) is 23.3 Å². The SMILES string of the molecule is CCc1ccc(CCCc2nc(Nc3ccc4[nH]c5ccccc5c4c3)nc(N3CCCCC3)n2)nc1. The molecule has 5 aromatic rings. The molecular weight excluding hydrogens is 458 g/mol. The van der Waals surface area contributed by atoms with E-state index in [1.807, 2.05) is 6.20 Å². The standard InChI is InChI=1S/C30H33N7/c1-2-21-13-14-22(31-20-21)9-8-12-28-34-29(36-30(35-28)37-17-6-3-7-18-37)32-23-15-16-27-25(19-23)24-10-4-5-11-26(24)33-27/h4-5,10-11,13-16,19-20,33H,2-3,6-9,12,17-18H2,1H3,(H,32,34,35,36). The number of fused-ring (bicyclic) bond motifs is 3. The molecule has 37 heavy (non-hydrogen) atoms. The summed E-state index contributed by atoms with van der Waals surface area (Å²) in [6, 6.07) is 19.1. The van der Waals surface area contributed by atoms with E-state index in [4.69, 9.17) is 15.0 Å². The van der Waals surface area contributed by atoms with Gasteiger partial charge in [-0.25, -0.2) is 0 Å². The summed E-state index contributed by atoms with van der Waals surface area (Å²) >= 11 is 0. The number of anilines is 3. The zero-order valence-corrected chi connectivity index (χ0v) is 21.4. The summed E-state index contributed by atoms with van der Waals surface area (Å²) in [5, 5.41) is 5.88. The Labute approximate surface area is 217 Å². The quantitative estimate of drug-likeness (QED) is 0.262. The summed E-state index contributed by atoms with van der Waals surface area (Å²) in [7, 11) is 0. The molecule has 7 nitrogen and oxygen atoms in total. The fraction of sp³-hybridized carbons (Fsp3) is 0.333. The van der Waals surface area contributed by atoms with Crippen molar-refractivity contribution in [3.05, 3.63) is 77.9 Å². The monoisotopic (exact) mass is 491 g/mol. The third-order valence-corrected chi connectivity index (χ3v) is 7.20. The second-order valence-electron chi connectivity index (χ2n) is 9.84. The Kier molecular flexibility index (Phi) is 6.67. The number of rotatable bonds is 8. The van der Waals surface area contributed by atoms with Crippen LogP contribution in [0.1, 0.15) is 49.7 Å². The number of pyridine rings is 1. The maximum atomic E-state index is 4.88. The molecule has 1 fully saturated rings. The van der Waals surface area contributed by atoms with Gasteiger partial charge in [-0.1, -0.05) is 31.2 Å². The smallest absolute Gasteiger partial charge is 0.232 e. The van der Waals surface area contributed by atoms with E-state index in [1.165, 1.54) is 35.6 Å². The lowest BCUT2D eigenvalue weighted by Crippen LogP contribution is -2.31. The van der Waals surface area contributed by atoms with E-state index in [9.17, 15) is 0 Å². The molecule has 7 heteroatoms. The highest BCUT2D eigenvalue weighted by molar-refractivity contribution is 6.08. The zero-order valence-electron chi connectivity index (χ0n) is 21.4. The molecule has 1 saturated heterocycles. The molecule has 1 aliphatic rings. The van der Waals surface area contributed by atoms with Crippen LogP contribution in [0.3, 0.4) is 0 Å². The maximum absolute atomic E-state index is 4.88. The molecule has 3 aromatic heterocycles. The average Bonchev–Trinajstić information content (AvgIpc) is 3.32. The Bertz CT molecular complexity index is 1500. The topological polar surface area (TPSA) is 82.6 Å². The number of aromatic nitrogens is 5. The van der Waals surface area contributed by atoms with E-state index in [0.29, 0.717) is 5.95 Å². The van der Waals surface area contributed by atoms with Crippen molar-refractivity contribution in [1.29, 1.82) is 0 Å². The van der Waals surface area contributed by atoms with Gasteiger partial charge in [0, 0.05) is 58.9 Å². The van der Waals surface area contributed by atoms with Crippen LogP contribution in [0.25, 0.3) is 21.8 Å². The van der Waals surface area contributed by atoms with Crippen molar-refractivity contribution in [1.82, 2.24) is 24.9 Å². The van der Waals surface area contributed by atoms with Gasteiger partial charge < -0.3 is 15.2 Å². The van der Waals surface area contributed by atoms with Crippen molar-refractivity contribution >= 4 is 39.4 Å². The largest absolute Gasteiger partial charge is 0.355 e. The first-order chi connectivity index (χ1) is 18.2. The number of nitrogens with zero attached hydrogens (tertiary/aromatic N) is 5. The first kappa shape index (κ1) is 23.4. The zero-order chi connectivity index (χ0) is 25.0. The van der Waals surface area contributed by atoms with E-state index in [0.717, 1.165) is 73.0 Å². The van der Waals surface area contributed by atoms with Crippen molar-refractivity contribution in [3.8, 4) is 0 Å². The molecule has 1 aliphatic heterocycles. The van der Waals surface area contributed by atoms with Crippen LogP contribution >= 0.6 is 0 Å². The number of hydrogen-bond acceptors (Lipinski definition) is 6. The number of piperidine rings is 1. The van der Waals surface area contributed by atoms with Gasteiger partial charge >= 0.3 is 0 Å². The van der Waals surface area contributed by atoms with Crippen LogP contribution < -0.4 is 10.2 Å². The lowest BCUT2D eigenvalue weighted by Gasteiger charge is -2.27. The van der Waals surface area contributed by atoms with Crippen LogP contribution in [0.2, 0.25) is 0 Å². The number of aromatic amines is 1. The number of nitrogens with one attached hydrogen (secondary N) is 2. The highest BCUT2D eigenvalue weighted by atomic mass is 15.3. The average molecular weight is 492 g/mol. The predicted molar refractivity (Wildman–Crippen MR) is 151 cm³/mol. The molecule has 0 amide bonds. The second-order valence-corrected chi connectivity index (χ2v) is 9.84. The van der Waals surface area contributed by atoms with Crippen LogP contribution in [0.5, 0.6) is 0 Å². The lowest BCUT2D eigenvalue weighted by atomic mass is 10.1. The third kappa shape index (κ3) is 5.26. The molecule has 4 heterocycles. The fourth-order valence-electron chi connectivity index (χ4n) is 5.11. The van der Waals surface area contributed by atoms with Gasteiger partial charge in [0.1, 0.15) is 5.82 Å². The van der Waals surface area contributed by atoms with E-state index in [-0.39, 0.29) is 0 Å². The number of H-pyrrole nitrogens is 1. The highest BCUT2D eigenvalue weighted by Gasteiger charge is 2.17. The molecule has 0 atom stereocenters. The van der Waals surface area contributed by atoms with Crippen molar-refractivity contribution < 1.29 is 0 Å². The van der Waals surface area contributed by atoms with Crippen molar-refractivity contribution in [2.45, 2.75) is 51.9 Å². The first-order valence-corrected chi connectivity index (χ1v) is 13.5. The van der Waals surface area contributed by atoms with E-state index in [2.05, 4.69) is 81.7 Å². The molecule has 188 valence electrons. The predicted octanol–water partition coefficient (Wildman–Crippen LogP) is 6.37. The van der Waals surface area contributed by atoms with Crippen LogP contribution in [-0.4, -0.2) is 38.0 Å². The normalized spacial score (nSPS) is 13.9. The molecule has 0 unspecified atom stereocenters. The number of benzene rings is 2. The molecular formula is C30H33N7. The van der Waals surface area contributed by atoms with Crippen LogP contribution in [-0.2, 0) is 19.3 Å². The van der Waals surface area contributed by atoms with E-state index >= 15 is 0 Å². The molecule has 0 aliphatic carbocycles. The molecule has 0 radical (unpaired) electrons. The Hall–Kier alpha value is -4.00. The van der Waals surface area contributed by atoms with Gasteiger partial charge in [-0.3, -0.25) is 4.98 Å². The number of hydrogen-bond donors (Lipinski definition) is 2. The molecule has 2 N–H and O–H groups in total. The summed E-state index contributed by atoms with van der Waals surface area (Å²) in [4.78, 5) is 24.9. The summed E-state index contributed by atoms with van der Waals surface area (Å²) < 4.78 is 0. The highest BCUT2D eigenvalue weighted by Crippen LogP contribution is 2.29. The van der Waals surface area contributed by atoms with Gasteiger partial charge in [0.15, 0.2) is 0 Å². The second kappa shape index (κ2) is 10.5. The minimum absolute atomic E-state index is 0.607. The number of para-hydroxylation sites is 1. The van der Waals surface area contributed by atoms with Gasteiger partial charge in [-0.15, -0.1) is 0 Å². The van der Waals surface area contributed by atoms with Gasteiger partial charge in [0.05, 0.1) is 0 Å². The minimum atomic E-state index is 0.607. The van der Waals surface area contributed by atoms with Crippen molar-refractivity contribution in [3.63, 3.8) is 0 Å². The maximum Gasteiger partial charge on any atom is 0.232 e. The van der Waals surface area contributed by atoms with Crippen molar-refractivity contribution in [2.24, 2.45) is 0 Å². The Morgan fingerprint density at radius 1 is 0.865 bits per heavy atom. The summed E-state index contributed by atoms with van der Waals surface area (Å²) in [5.74, 6) is 2.22. The summed E-state index contributed by atoms with van der Waals surface area (Å²) in [6.45, 7) is 4.15. The fourth-order valence-corrected chi connectivity index (χ4v) is 5.11. The van der Waals surface area contributed by atoms with E-state index in [1.54, 1.807) is 0 Å². The Morgan fingerprint density at radius 2 is 1.73 bits per heavy atom. The molecule has 0 bridgehead atoms. The van der Waals surface area contributed by atoms with Crippen LogP contribution in [0.15, 0.2) is 60.8 Å². The van der Waals surface area contributed by atoms with Crippen LogP contribution in [0.4, 0.5) is 17.6 Å². The molecule has 6 rings (SSSR count). The van der Waals surface area contributed by atoms with E-state index < -0.39 is 0 Å². The summed E-state index contributed by atoms with van der Waals surface area (Å²) in [5.41, 5.74) is 5.63. The van der Waals surface area contributed by atoms with Gasteiger partial charge in [0.2, 0.25) is 11.9 Å². The molecule has 0 spiro atoms. The third-order valence-electron chi connectivity index (χ3n) is 7.20. The lowest BCUT2D eigenvalue weighted by molar-refractivity contribution is 0.565. The molecule has 2 aromatic carbocycles. The van der Waals surface area contributed by atoms with Gasteiger partial charge in [0.25, 0.3) is 0 Å². The van der Waals surface area contributed by atoms with Gasteiger partial charge in [-0.2, -0.15) is 15.0 Å². The Balaban J connectivity index is 1.24. The molecule has 0 saturated carbocycles. The minimum Gasteiger partial charge on any atom is -0.355 e. The first-order valence-electron chi connectivity index (χ1n) is 13.5. The summed E-state index contributed by atoms with van der Waals surface area (Å²) in [6.07, 6.45) is 9.28. The van der Waals surface area contributed by atoms with Crippen LogP contribution in [0, 0.1) is 0 Å². The Morgan fingerprint density at radius 3 is 2.57 bits per heavy atom.